The third-order valence-electron chi connectivity index (χ3n) is 3.96. The lowest BCUT2D eigenvalue weighted by Gasteiger charge is -2.30. The van der Waals surface area contributed by atoms with Crippen molar-refractivity contribution in [3.8, 4) is 0 Å². The average Bonchev–Trinajstić information content (AvgIpc) is 2.94. The maximum Gasteiger partial charge on any atom is 0.371 e. The Kier molecular flexibility index (Phi) is 5.50. The Hall–Kier alpha value is -1.58. The van der Waals surface area contributed by atoms with Crippen molar-refractivity contribution in [2.24, 2.45) is 9.98 Å². The fraction of sp³-hybridized carbons (Fsp3) is 0.733. The molecule has 2 aliphatic rings. The normalized spacial score (nSPS) is 20.2. The fourth-order valence-electron chi connectivity index (χ4n) is 2.48. The molecule has 2 rings (SSSR count). The number of hydrogen-bond donors (Lipinski definition) is 0. The van der Waals surface area contributed by atoms with Crippen molar-refractivity contribution >= 4 is 11.6 Å². The molecule has 0 atom stereocenters. The summed E-state index contributed by atoms with van der Waals surface area (Å²) in [5.41, 5.74) is 1.20. The van der Waals surface area contributed by atoms with Gasteiger partial charge < -0.3 is 9.64 Å². The number of rotatable bonds is 6. The van der Waals surface area contributed by atoms with Crippen molar-refractivity contribution in [2.45, 2.75) is 37.5 Å². The highest BCUT2D eigenvalue weighted by molar-refractivity contribution is 6.46. The van der Waals surface area contributed by atoms with Crippen molar-refractivity contribution in [3.63, 3.8) is 0 Å². The van der Waals surface area contributed by atoms with Gasteiger partial charge in [-0.2, -0.15) is 26.3 Å². The van der Waals surface area contributed by atoms with Gasteiger partial charge in [-0.05, 0) is 19.0 Å². The lowest BCUT2D eigenvalue weighted by Crippen LogP contribution is -2.53. The van der Waals surface area contributed by atoms with Gasteiger partial charge in [-0.1, -0.05) is 6.08 Å². The van der Waals surface area contributed by atoms with Crippen LogP contribution >= 0.6 is 0 Å². The number of halogens is 6. The van der Waals surface area contributed by atoms with Crippen molar-refractivity contribution in [1.29, 1.82) is 0 Å². The molecule has 0 aromatic heterocycles. The van der Waals surface area contributed by atoms with Crippen LogP contribution in [0.5, 0.6) is 0 Å². The van der Waals surface area contributed by atoms with Gasteiger partial charge in [0.2, 0.25) is 5.90 Å². The minimum absolute atomic E-state index is 0.0241. The molecule has 0 aromatic rings. The second-order valence-corrected chi connectivity index (χ2v) is 6.13. The third kappa shape index (κ3) is 4.16. The Morgan fingerprint density at radius 2 is 1.84 bits per heavy atom. The number of hydrogen-bond acceptors (Lipinski definition) is 4. The molecule has 25 heavy (non-hydrogen) atoms. The van der Waals surface area contributed by atoms with Gasteiger partial charge in [0.1, 0.15) is 12.4 Å². The first-order valence-electron chi connectivity index (χ1n) is 7.69. The molecule has 0 aromatic carbocycles. The van der Waals surface area contributed by atoms with Crippen molar-refractivity contribution in [3.05, 3.63) is 11.6 Å². The molecule has 0 saturated carbocycles. The highest BCUT2D eigenvalue weighted by Crippen LogP contribution is 2.46. The fourth-order valence-corrected chi connectivity index (χ4v) is 2.48. The summed E-state index contributed by atoms with van der Waals surface area (Å²) in [5, 5.41) is 0. The van der Waals surface area contributed by atoms with Crippen molar-refractivity contribution in [1.82, 2.24) is 4.90 Å². The molecule has 0 amide bonds. The van der Waals surface area contributed by atoms with Gasteiger partial charge in [-0.3, -0.25) is 4.99 Å². The Labute approximate surface area is 141 Å². The van der Waals surface area contributed by atoms with Crippen LogP contribution < -0.4 is 0 Å². The first-order chi connectivity index (χ1) is 11.5. The molecule has 0 spiro atoms. The molecule has 0 bridgehead atoms. The Balaban J connectivity index is 1.96. The van der Waals surface area contributed by atoms with Crippen LogP contribution in [0, 0.1) is 0 Å². The molecule has 2 aliphatic heterocycles. The molecule has 0 aliphatic carbocycles. The van der Waals surface area contributed by atoms with Crippen LogP contribution in [0.25, 0.3) is 0 Å². The predicted molar refractivity (Wildman–Crippen MR) is 81.0 cm³/mol. The highest BCUT2D eigenvalue weighted by Gasteiger charge is 2.68. The van der Waals surface area contributed by atoms with E-state index in [4.69, 9.17) is 4.74 Å². The summed E-state index contributed by atoms with van der Waals surface area (Å²) in [7, 11) is 1.90. The minimum Gasteiger partial charge on any atom is -0.476 e. The van der Waals surface area contributed by atoms with Crippen LogP contribution in [0.1, 0.15) is 19.8 Å². The summed E-state index contributed by atoms with van der Waals surface area (Å²) in [6.07, 6.45) is 1.13. The summed E-state index contributed by atoms with van der Waals surface area (Å²) in [6.45, 7) is 0.360. The second kappa shape index (κ2) is 6.97. The van der Waals surface area contributed by atoms with Gasteiger partial charge in [0.05, 0.1) is 13.0 Å². The lowest BCUT2D eigenvalue weighted by molar-refractivity contribution is -0.305. The molecular weight excluding hydrogens is 352 g/mol. The molecule has 0 saturated heterocycles. The van der Waals surface area contributed by atoms with Crippen LogP contribution in [0.4, 0.5) is 26.3 Å². The molecule has 0 radical (unpaired) electrons. The Morgan fingerprint density at radius 1 is 1.16 bits per heavy atom. The van der Waals surface area contributed by atoms with Crippen LogP contribution in [0.15, 0.2) is 21.6 Å². The molecular formula is C15H19F6N3O. The molecule has 0 N–H and O–H groups in total. The number of nitrogens with zero attached hydrogens (tertiary/aromatic N) is 3. The summed E-state index contributed by atoms with van der Waals surface area (Å²) in [4.78, 5) is 10.0. The molecule has 0 fully saturated rings. The van der Waals surface area contributed by atoms with E-state index in [0.717, 1.165) is 18.5 Å². The van der Waals surface area contributed by atoms with E-state index in [1.54, 1.807) is 0 Å². The Bertz CT molecular complexity index is 595. The SMILES string of the molecule is CN1CCC=C(C2=NCN=C2OCCC(F)(F)C(F)(F)C(C)(F)F)C1. The smallest absolute Gasteiger partial charge is 0.371 e. The van der Waals surface area contributed by atoms with Gasteiger partial charge >= 0.3 is 17.8 Å². The average molecular weight is 371 g/mol. The van der Waals surface area contributed by atoms with E-state index in [0.29, 0.717) is 12.3 Å². The van der Waals surface area contributed by atoms with Crippen LogP contribution in [-0.4, -0.2) is 67.7 Å². The van der Waals surface area contributed by atoms with Gasteiger partial charge in [0.25, 0.3) is 0 Å². The summed E-state index contributed by atoms with van der Waals surface area (Å²) < 4.78 is 83.9. The second-order valence-electron chi connectivity index (χ2n) is 6.13. The topological polar surface area (TPSA) is 37.2 Å². The number of ether oxygens (including phenoxy) is 1. The predicted octanol–water partition coefficient (Wildman–Crippen LogP) is 3.39. The van der Waals surface area contributed by atoms with Crippen LogP contribution in [0.2, 0.25) is 0 Å². The Morgan fingerprint density at radius 3 is 2.44 bits per heavy atom. The molecule has 2 heterocycles. The monoisotopic (exact) mass is 371 g/mol. The van der Waals surface area contributed by atoms with Gasteiger partial charge in [0.15, 0.2) is 0 Å². The highest BCUT2D eigenvalue weighted by atomic mass is 19.3. The van der Waals surface area contributed by atoms with Crippen molar-refractivity contribution in [2.75, 3.05) is 33.4 Å². The molecule has 10 heteroatoms. The molecule has 0 unspecified atom stereocenters. The number of aliphatic imine (C=N–C) groups is 2. The van der Waals surface area contributed by atoms with E-state index >= 15 is 0 Å². The zero-order valence-corrected chi connectivity index (χ0v) is 13.8. The molecule has 142 valence electrons. The first-order valence-corrected chi connectivity index (χ1v) is 7.69. The van der Waals surface area contributed by atoms with Crippen LogP contribution in [0.3, 0.4) is 0 Å². The number of alkyl halides is 6. The molecule has 4 nitrogen and oxygen atoms in total. The van der Waals surface area contributed by atoms with Crippen molar-refractivity contribution < 1.29 is 31.1 Å². The van der Waals surface area contributed by atoms with E-state index in [-0.39, 0.29) is 19.5 Å². The standard InChI is InChI=1S/C15H19F6N3O/c1-13(16,17)15(20,21)14(18,19)5-7-25-12-11(22-9-23-12)10-4-3-6-24(2)8-10/h4H,3,5-9H2,1-2H3. The minimum atomic E-state index is -5.47. The largest absolute Gasteiger partial charge is 0.476 e. The van der Waals surface area contributed by atoms with E-state index in [1.165, 1.54) is 0 Å². The number of likely N-dealkylation sites (N-methyl/N-ethyl adjacent to an activating group) is 1. The van der Waals surface area contributed by atoms with E-state index in [2.05, 4.69) is 9.98 Å². The van der Waals surface area contributed by atoms with E-state index in [9.17, 15) is 26.3 Å². The van der Waals surface area contributed by atoms with Gasteiger partial charge in [-0.25, -0.2) is 4.99 Å². The first kappa shape index (κ1) is 19.7. The zero-order chi connectivity index (χ0) is 18.9. The van der Waals surface area contributed by atoms with Gasteiger partial charge in [0, 0.05) is 20.0 Å². The maximum absolute atomic E-state index is 13.5. The van der Waals surface area contributed by atoms with Crippen LogP contribution in [-0.2, 0) is 4.74 Å². The summed E-state index contributed by atoms with van der Waals surface area (Å²) in [5.74, 6) is -15.2. The summed E-state index contributed by atoms with van der Waals surface area (Å²) >= 11 is 0. The van der Waals surface area contributed by atoms with E-state index in [1.807, 2.05) is 18.0 Å². The third-order valence-corrected chi connectivity index (χ3v) is 3.96. The summed E-state index contributed by atoms with van der Waals surface area (Å²) in [6, 6.07) is 0. The lowest BCUT2D eigenvalue weighted by atomic mass is 10.0. The van der Waals surface area contributed by atoms with E-state index < -0.39 is 30.8 Å². The maximum atomic E-state index is 13.5. The quantitative estimate of drug-likeness (QED) is 0.672. The zero-order valence-electron chi connectivity index (χ0n) is 13.8. The van der Waals surface area contributed by atoms with Gasteiger partial charge in [-0.15, -0.1) is 0 Å².